The molecule has 1 saturated carbocycles. The number of amides is 2. The van der Waals surface area contributed by atoms with E-state index in [4.69, 9.17) is 11.6 Å². The summed E-state index contributed by atoms with van der Waals surface area (Å²) in [5.41, 5.74) is 5.89. The Morgan fingerprint density at radius 3 is 2.39 bits per heavy atom. The molecular formula is C20H34ClN5O2. The predicted octanol–water partition coefficient (Wildman–Crippen LogP) is 1.13. The number of piperazine rings is 1. The number of likely N-dealkylation sites (tertiary alicyclic amines) is 1. The van der Waals surface area contributed by atoms with E-state index in [-0.39, 0.29) is 35.9 Å². The van der Waals surface area contributed by atoms with Crippen LogP contribution in [0.25, 0.3) is 0 Å². The lowest BCUT2D eigenvalue weighted by Crippen LogP contribution is -2.82. The summed E-state index contributed by atoms with van der Waals surface area (Å²) < 4.78 is 0. The molecule has 2 amide bonds. The monoisotopic (exact) mass is 411 g/mol. The van der Waals surface area contributed by atoms with Gasteiger partial charge < -0.3 is 9.80 Å². The summed E-state index contributed by atoms with van der Waals surface area (Å²) in [6.45, 7) is 8.30. The van der Waals surface area contributed by atoms with Crippen molar-refractivity contribution in [1.82, 2.24) is 25.6 Å². The molecule has 2 atom stereocenters. The summed E-state index contributed by atoms with van der Waals surface area (Å²) in [5.74, 6) is 0.685. The van der Waals surface area contributed by atoms with Crippen LogP contribution in [0.2, 0.25) is 0 Å². The molecule has 7 nitrogen and oxygen atoms in total. The quantitative estimate of drug-likeness (QED) is 0.679. The average Bonchev–Trinajstić information content (AvgIpc) is 3.04. The molecule has 28 heavy (non-hydrogen) atoms. The van der Waals surface area contributed by atoms with Gasteiger partial charge in [0.1, 0.15) is 12.1 Å². The van der Waals surface area contributed by atoms with E-state index in [0.717, 1.165) is 32.1 Å². The molecule has 1 spiro atoms. The highest BCUT2D eigenvalue weighted by Crippen LogP contribution is 2.38. The van der Waals surface area contributed by atoms with Gasteiger partial charge in [-0.1, -0.05) is 0 Å². The van der Waals surface area contributed by atoms with E-state index in [9.17, 15) is 9.59 Å². The summed E-state index contributed by atoms with van der Waals surface area (Å²) in [7, 11) is 0. The lowest BCUT2D eigenvalue weighted by atomic mass is 9.80. The number of hydrogen-bond donors (Lipinski definition) is 2. The highest BCUT2D eigenvalue weighted by molar-refractivity contribution is 6.20. The van der Waals surface area contributed by atoms with E-state index >= 15 is 0 Å². The minimum Gasteiger partial charge on any atom is -0.329 e. The molecule has 3 aliphatic heterocycles. The van der Waals surface area contributed by atoms with Crippen LogP contribution in [0, 0.1) is 5.92 Å². The molecule has 0 aromatic carbocycles. The van der Waals surface area contributed by atoms with Crippen molar-refractivity contribution in [2.75, 3.05) is 26.2 Å². The van der Waals surface area contributed by atoms with Crippen molar-refractivity contribution in [3.63, 3.8) is 0 Å². The summed E-state index contributed by atoms with van der Waals surface area (Å²) in [4.78, 5) is 32.6. The molecule has 0 aromatic heterocycles. The highest BCUT2D eigenvalue weighted by atomic mass is 35.5. The van der Waals surface area contributed by atoms with Crippen LogP contribution in [0.4, 0.5) is 0 Å². The number of carbonyl (C=O) groups excluding carboxylic acids is 2. The normalized spacial score (nSPS) is 36.5. The van der Waals surface area contributed by atoms with Crippen molar-refractivity contribution in [2.24, 2.45) is 5.92 Å². The molecule has 4 rings (SSSR count). The van der Waals surface area contributed by atoms with Crippen molar-refractivity contribution in [3.05, 3.63) is 0 Å². The smallest absolute Gasteiger partial charge is 0.251 e. The number of rotatable bonds is 4. The van der Waals surface area contributed by atoms with E-state index < -0.39 is 5.54 Å². The number of nitrogens with one attached hydrogen (secondary N) is 2. The van der Waals surface area contributed by atoms with Gasteiger partial charge in [0.25, 0.3) is 5.91 Å². The molecular weight excluding hydrogens is 378 g/mol. The van der Waals surface area contributed by atoms with Crippen LogP contribution in [0.5, 0.6) is 0 Å². The lowest BCUT2D eigenvalue weighted by molar-refractivity contribution is -0.184. The summed E-state index contributed by atoms with van der Waals surface area (Å²) >= 11 is 6.27. The molecule has 4 fully saturated rings. The van der Waals surface area contributed by atoms with Gasteiger partial charge >= 0.3 is 0 Å². The van der Waals surface area contributed by atoms with Gasteiger partial charge in [0.05, 0.1) is 6.17 Å². The van der Waals surface area contributed by atoms with E-state index in [2.05, 4.69) is 22.7 Å². The van der Waals surface area contributed by atoms with Gasteiger partial charge in [0, 0.05) is 37.1 Å². The van der Waals surface area contributed by atoms with E-state index in [1.807, 2.05) is 18.7 Å². The standard InChI is InChI=1S/C20H34ClN5O2/c1-13(2)25-10-18(27)26(9-15-4-6-16(21)7-5-15)20(19(25)28)11-24(12-20)17-8-14(3)22-23-17/h13-17,22-23H,4-12H2,1-3H3. The molecule has 0 aromatic rings. The topological polar surface area (TPSA) is 67.9 Å². The van der Waals surface area contributed by atoms with Crippen molar-refractivity contribution >= 4 is 23.4 Å². The van der Waals surface area contributed by atoms with Crippen molar-refractivity contribution in [3.8, 4) is 0 Å². The Morgan fingerprint density at radius 2 is 1.82 bits per heavy atom. The third-order valence-electron chi connectivity index (χ3n) is 7.07. The Hall–Kier alpha value is -0.890. The van der Waals surface area contributed by atoms with E-state index in [0.29, 0.717) is 31.6 Å². The van der Waals surface area contributed by atoms with Gasteiger partial charge in [0.15, 0.2) is 0 Å². The molecule has 3 saturated heterocycles. The van der Waals surface area contributed by atoms with Crippen LogP contribution < -0.4 is 10.9 Å². The van der Waals surface area contributed by atoms with E-state index in [1.54, 1.807) is 4.90 Å². The highest BCUT2D eigenvalue weighted by Gasteiger charge is 2.61. The summed E-state index contributed by atoms with van der Waals surface area (Å²) in [5, 5.41) is 0.266. The van der Waals surface area contributed by atoms with Gasteiger partial charge in [-0.05, 0) is 58.8 Å². The number of halogens is 1. The Morgan fingerprint density at radius 1 is 1.14 bits per heavy atom. The predicted molar refractivity (Wildman–Crippen MR) is 109 cm³/mol. The number of hydrazine groups is 1. The number of hydrogen-bond acceptors (Lipinski definition) is 5. The Bertz CT molecular complexity index is 616. The maximum Gasteiger partial charge on any atom is 0.251 e. The van der Waals surface area contributed by atoms with Gasteiger partial charge in [-0.2, -0.15) is 0 Å². The summed E-state index contributed by atoms with van der Waals surface area (Å²) in [6.07, 6.45) is 5.35. The molecule has 3 heterocycles. The molecule has 0 bridgehead atoms. The molecule has 1 aliphatic carbocycles. The van der Waals surface area contributed by atoms with E-state index in [1.165, 1.54) is 0 Å². The Labute approximate surface area is 173 Å². The van der Waals surface area contributed by atoms with Crippen LogP contribution in [0.15, 0.2) is 0 Å². The van der Waals surface area contributed by atoms with Gasteiger partial charge in [-0.15, -0.1) is 11.6 Å². The first-order valence-electron chi connectivity index (χ1n) is 10.8. The van der Waals surface area contributed by atoms with Crippen molar-refractivity contribution in [1.29, 1.82) is 0 Å². The third-order valence-corrected chi connectivity index (χ3v) is 7.50. The van der Waals surface area contributed by atoms with Crippen LogP contribution in [-0.2, 0) is 9.59 Å². The lowest BCUT2D eigenvalue weighted by Gasteiger charge is -2.60. The largest absolute Gasteiger partial charge is 0.329 e. The van der Waals surface area contributed by atoms with Gasteiger partial charge in [-0.25, -0.2) is 5.43 Å². The second-order valence-electron chi connectivity index (χ2n) is 9.53. The van der Waals surface area contributed by atoms with Gasteiger partial charge in [0.2, 0.25) is 5.91 Å². The van der Waals surface area contributed by atoms with Crippen molar-refractivity contribution < 1.29 is 9.59 Å². The molecule has 8 heteroatoms. The Balaban J connectivity index is 1.51. The first-order valence-corrected chi connectivity index (χ1v) is 11.2. The average molecular weight is 412 g/mol. The number of carbonyl (C=O) groups is 2. The van der Waals surface area contributed by atoms with Crippen molar-refractivity contribution in [2.45, 2.75) is 82.0 Å². The van der Waals surface area contributed by atoms with Crippen LogP contribution in [0.3, 0.4) is 0 Å². The fourth-order valence-corrected chi connectivity index (χ4v) is 5.52. The molecule has 0 radical (unpaired) electrons. The fourth-order valence-electron chi connectivity index (χ4n) is 5.26. The molecule has 2 N–H and O–H groups in total. The number of alkyl halides is 1. The zero-order valence-corrected chi connectivity index (χ0v) is 18.0. The zero-order chi connectivity index (χ0) is 20.1. The van der Waals surface area contributed by atoms with Crippen LogP contribution >= 0.6 is 11.6 Å². The SMILES string of the molecule is CC1CC(N2CC3(C2)C(=O)N(C(C)C)CC(=O)N3CC2CCC(Cl)CC2)NN1. The van der Waals surface area contributed by atoms with Gasteiger partial charge in [-0.3, -0.25) is 19.9 Å². The number of nitrogens with zero attached hydrogens (tertiary/aromatic N) is 3. The first-order chi connectivity index (χ1) is 13.3. The molecule has 2 unspecified atom stereocenters. The van der Waals surface area contributed by atoms with Crippen LogP contribution in [-0.4, -0.2) is 81.9 Å². The fraction of sp³-hybridized carbons (Fsp3) is 0.900. The third kappa shape index (κ3) is 3.55. The second kappa shape index (κ2) is 7.74. The molecule has 4 aliphatic rings. The summed E-state index contributed by atoms with van der Waals surface area (Å²) in [6, 6.07) is 0.460. The Kier molecular flexibility index (Phi) is 5.64. The minimum absolute atomic E-state index is 0.0440. The first kappa shape index (κ1) is 20.4. The maximum absolute atomic E-state index is 13.5. The molecule has 158 valence electrons. The second-order valence-corrected chi connectivity index (χ2v) is 10.1. The maximum atomic E-state index is 13.5. The minimum atomic E-state index is -0.690. The van der Waals surface area contributed by atoms with Crippen LogP contribution in [0.1, 0.15) is 52.9 Å². The zero-order valence-electron chi connectivity index (χ0n) is 17.3.